The standard InChI is InChI=1S/C23H28ClFN6O2/c1-27-12-28-21(26)23(33)10-22(11-23)7-5-14(6-8-22)18-19(31(2)13-29-18)20(32)30-15-3-4-17(25)16(24)9-15/h3-4,9,12-14,33H,5-8,10-11H2,1-2H3,(H,30,32)(H2,26,27,28). The Kier molecular flexibility index (Phi) is 6.28. The lowest BCUT2D eigenvalue weighted by Gasteiger charge is -2.55. The summed E-state index contributed by atoms with van der Waals surface area (Å²) in [6, 6.07) is 4.07. The molecule has 0 bridgehead atoms. The van der Waals surface area contributed by atoms with E-state index in [0.29, 0.717) is 24.2 Å². The number of amidine groups is 1. The van der Waals surface area contributed by atoms with E-state index in [1.165, 1.54) is 24.5 Å². The van der Waals surface area contributed by atoms with Crippen molar-refractivity contribution in [3.05, 3.63) is 46.8 Å². The number of aliphatic imine (C=N–C) groups is 2. The zero-order valence-corrected chi connectivity index (χ0v) is 19.4. The van der Waals surface area contributed by atoms with Gasteiger partial charge in [0.15, 0.2) is 0 Å². The molecule has 0 saturated heterocycles. The fraction of sp³-hybridized carbons (Fsp3) is 0.478. The molecule has 10 heteroatoms. The van der Waals surface area contributed by atoms with Gasteiger partial charge in [0.05, 0.1) is 17.0 Å². The number of aryl methyl sites for hydroxylation is 1. The smallest absolute Gasteiger partial charge is 0.274 e. The van der Waals surface area contributed by atoms with Crippen LogP contribution in [0.2, 0.25) is 5.02 Å². The lowest BCUT2D eigenvalue weighted by atomic mass is 9.52. The first-order valence-corrected chi connectivity index (χ1v) is 11.3. The van der Waals surface area contributed by atoms with E-state index in [1.807, 2.05) is 0 Å². The molecule has 0 atom stereocenters. The fourth-order valence-electron chi connectivity index (χ4n) is 5.26. The van der Waals surface area contributed by atoms with Gasteiger partial charge >= 0.3 is 0 Å². The number of aromatic nitrogens is 2. The van der Waals surface area contributed by atoms with Crippen LogP contribution >= 0.6 is 11.6 Å². The van der Waals surface area contributed by atoms with Crippen molar-refractivity contribution in [1.82, 2.24) is 9.55 Å². The van der Waals surface area contributed by atoms with Crippen LogP contribution in [-0.4, -0.2) is 45.4 Å². The molecule has 1 aromatic heterocycles. The molecule has 2 saturated carbocycles. The molecule has 2 aliphatic carbocycles. The van der Waals surface area contributed by atoms with Gasteiger partial charge < -0.3 is 20.7 Å². The number of carbonyl (C=O) groups is 1. The van der Waals surface area contributed by atoms with Gasteiger partial charge in [-0.2, -0.15) is 0 Å². The second-order valence-electron chi connectivity index (χ2n) is 9.22. The number of rotatable bonds is 5. The van der Waals surface area contributed by atoms with Crippen LogP contribution in [0.15, 0.2) is 34.5 Å². The number of nitrogens with one attached hydrogen (secondary N) is 1. The first kappa shape index (κ1) is 23.4. The van der Waals surface area contributed by atoms with Crippen LogP contribution in [0.3, 0.4) is 0 Å². The van der Waals surface area contributed by atoms with Gasteiger partial charge in [0.1, 0.15) is 29.3 Å². The van der Waals surface area contributed by atoms with Crippen LogP contribution in [0.5, 0.6) is 0 Å². The number of aliphatic hydroxyl groups is 1. The fourth-order valence-corrected chi connectivity index (χ4v) is 5.44. The molecule has 2 aromatic rings. The van der Waals surface area contributed by atoms with Crippen molar-refractivity contribution < 1.29 is 14.3 Å². The number of anilines is 1. The minimum Gasteiger partial charge on any atom is -0.385 e. The summed E-state index contributed by atoms with van der Waals surface area (Å²) in [6.07, 6.45) is 7.72. The van der Waals surface area contributed by atoms with E-state index in [-0.39, 0.29) is 28.1 Å². The Morgan fingerprint density at radius 1 is 1.39 bits per heavy atom. The highest BCUT2D eigenvalue weighted by atomic mass is 35.5. The average molecular weight is 475 g/mol. The van der Waals surface area contributed by atoms with Crippen LogP contribution in [0.25, 0.3) is 0 Å². The van der Waals surface area contributed by atoms with Gasteiger partial charge in [0.2, 0.25) is 0 Å². The number of hydrogen-bond donors (Lipinski definition) is 3. The SMILES string of the molecule is CN=CN=C(N)C1(O)CC2(CCC(c3ncn(C)c3C(=O)Nc3ccc(F)c(Cl)c3)CC2)C1. The van der Waals surface area contributed by atoms with E-state index in [4.69, 9.17) is 17.3 Å². The lowest BCUT2D eigenvalue weighted by molar-refractivity contribution is -0.0983. The molecule has 2 aliphatic rings. The molecule has 1 amide bonds. The van der Waals surface area contributed by atoms with Crippen LogP contribution in [0.4, 0.5) is 10.1 Å². The Morgan fingerprint density at radius 2 is 2.09 bits per heavy atom. The van der Waals surface area contributed by atoms with E-state index in [2.05, 4.69) is 20.3 Å². The van der Waals surface area contributed by atoms with E-state index >= 15 is 0 Å². The third kappa shape index (κ3) is 4.52. The number of amides is 1. The molecule has 4 N–H and O–H groups in total. The van der Waals surface area contributed by atoms with Crippen molar-refractivity contribution in [2.24, 2.45) is 28.2 Å². The Labute approximate surface area is 196 Å². The molecule has 1 spiro atoms. The van der Waals surface area contributed by atoms with Crippen LogP contribution in [0, 0.1) is 11.2 Å². The molecular formula is C23H28ClFN6O2. The van der Waals surface area contributed by atoms with Crippen molar-refractivity contribution in [2.45, 2.75) is 50.0 Å². The van der Waals surface area contributed by atoms with E-state index < -0.39 is 11.4 Å². The predicted octanol–water partition coefficient (Wildman–Crippen LogP) is 3.65. The predicted molar refractivity (Wildman–Crippen MR) is 126 cm³/mol. The number of imidazole rings is 1. The van der Waals surface area contributed by atoms with Crippen molar-refractivity contribution >= 4 is 35.4 Å². The van der Waals surface area contributed by atoms with Crippen molar-refractivity contribution in [3.63, 3.8) is 0 Å². The lowest BCUT2D eigenvalue weighted by Crippen LogP contribution is -2.60. The maximum atomic E-state index is 13.4. The summed E-state index contributed by atoms with van der Waals surface area (Å²) in [4.78, 5) is 25.4. The maximum absolute atomic E-state index is 13.4. The van der Waals surface area contributed by atoms with Gasteiger partial charge in [0.25, 0.3) is 5.91 Å². The van der Waals surface area contributed by atoms with Crippen molar-refractivity contribution in [2.75, 3.05) is 12.4 Å². The number of nitrogens with zero attached hydrogens (tertiary/aromatic N) is 4. The molecule has 2 fully saturated rings. The topological polar surface area (TPSA) is 118 Å². The summed E-state index contributed by atoms with van der Waals surface area (Å²) >= 11 is 5.83. The summed E-state index contributed by atoms with van der Waals surface area (Å²) in [5.74, 6) is -0.499. The number of benzene rings is 1. The highest BCUT2D eigenvalue weighted by Gasteiger charge is 2.56. The molecule has 33 heavy (non-hydrogen) atoms. The third-order valence-corrected chi connectivity index (χ3v) is 7.20. The summed E-state index contributed by atoms with van der Waals surface area (Å²) in [7, 11) is 3.38. The Hall–Kier alpha value is -2.78. The number of halogens is 2. The zero-order valence-electron chi connectivity index (χ0n) is 18.7. The van der Waals surface area contributed by atoms with E-state index in [1.54, 1.807) is 25.0 Å². The summed E-state index contributed by atoms with van der Waals surface area (Å²) in [5.41, 5.74) is 6.60. The molecule has 1 aromatic carbocycles. The first-order chi connectivity index (χ1) is 15.7. The minimum atomic E-state index is -1.07. The monoisotopic (exact) mass is 474 g/mol. The van der Waals surface area contributed by atoms with Crippen molar-refractivity contribution in [1.29, 1.82) is 0 Å². The zero-order chi connectivity index (χ0) is 23.8. The maximum Gasteiger partial charge on any atom is 0.274 e. The van der Waals surface area contributed by atoms with Gasteiger partial charge in [-0.15, -0.1) is 0 Å². The van der Waals surface area contributed by atoms with Gasteiger partial charge in [-0.3, -0.25) is 9.79 Å². The minimum absolute atomic E-state index is 0.0385. The summed E-state index contributed by atoms with van der Waals surface area (Å²) in [5, 5.41) is 13.5. The first-order valence-electron chi connectivity index (χ1n) is 10.9. The Bertz CT molecular complexity index is 1110. The Balaban J connectivity index is 1.43. The van der Waals surface area contributed by atoms with Gasteiger partial charge in [-0.1, -0.05) is 11.6 Å². The average Bonchev–Trinajstić information content (AvgIpc) is 3.15. The molecule has 176 valence electrons. The summed E-state index contributed by atoms with van der Waals surface area (Å²) in [6.45, 7) is 0. The van der Waals surface area contributed by atoms with Gasteiger partial charge in [0, 0.05) is 25.7 Å². The normalized spacial score (nSPS) is 27.7. The largest absolute Gasteiger partial charge is 0.385 e. The molecule has 4 rings (SSSR count). The molecule has 8 nitrogen and oxygen atoms in total. The second kappa shape index (κ2) is 8.87. The van der Waals surface area contributed by atoms with E-state index in [9.17, 15) is 14.3 Å². The van der Waals surface area contributed by atoms with Crippen molar-refractivity contribution in [3.8, 4) is 0 Å². The van der Waals surface area contributed by atoms with Gasteiger partial charge in [-0.05, 0) is 62.1 Å². The summed E-state index contributed by atoms with van der Waals surface area (Å²) < 4.78 is 15.1. The Morgan fingerprint density at radius 3 is 2.73 bits per heavy atom. The molecule has 0 aliphatic heterocycles. The molecular weight excluding hydrogens is 447 g/mol. The van der Waals surface area contributed by atoms with Gasteiger partial charge in [-0.25, -0.2) is 14.4 Å². The number of hydrogen-bond acceptors (Lipinski definition) is 4. The molecule has 0 unspecified atom stereocenters. The quantitative estimate of drug-likeness (QED) is 0.452. The highest BCUT2D eigenvalue weighted by Crippen LogP contribution is 2.58. The van der Waals surface area contributed by atoms with E-state index in [0.717, 1.165) is 31.4 Å². The third-order valence-electron chi connectivity index (χ3n) is 6.91. The van der Waals surface area contributed by atoms with Crippen LogP contribution in [-0.2, 0) is 7.05 Å². The number of carbonyl (C=O) groups excluding carboxylic acids is 1. The molecule has 1 heterocycles. The number of nitrogens with two attached hydrogens (primary N) is 1. The second-order valence-corrected chi connectivity index (χ2v) is 9.63. The highest BCUT2D eigenvalue weighted by molar-refractivity contribution is 6.31. The van der Waals surface area contributed by atoms with Crippen LogP contribution in [0.1, 0.15) is 60.6 Å². The van der Waals surface area contributed by atoms with Crippen LogP contribution < -0.4 is 11.1 Å². The molecule has 0 radical (unpaired) electrons.